The van der Waals surface area contributed by atoms with E-state index in [1.54, 1.807) is 0 Å². The van der Waals surface area contributed by atoms with Crippen LogP contribution in [0.5, 0.6) is 0 Å². The summed E-state index contributed by atoms with van der Waals surface area (Å²) in [5, 5.41) is 0. The van der Waals surface area contributed by atoms with Crippen molar-refractivity contribution in [2.75, 3.05) is 0 Å². The van der Waals surface area contributed by atoms with Crippen LogP contribution in [0.4, 0.5) is 0 Å². The lowest BCUT2D eigenvalue weighted by Gasteiger charge is -2.39. The summed E-state index contributed by atoms with van der Waals surface area (Å²) in [5.74, 6) is -0.608. The molecule has 0 N–H and O–H groups in total. The molecule has 1 aliphatic heterocycles. The van der Waals surface area contributed by atoms with Crippen LogP contribution in [0.1, 0.15) is 32.3 Å². The van der Waals surface area contributed by atoms with Crippen molar-refractivity contribution in [1.82, 2.24) is 0 Å². The van der Waals surface area contributed by atoms with Crippen molar-refractivity contribution >= 4 is 12.4 Å². The van der Waals surface area contributed by atoms with E-state index in [1.807, 2.05) is 38.1 Å². The molecule has 1 fully saturated rings. The number of carbonyl (C=O) groups excluding carboxylic acids is 1. The van der Waals surface area contributed by atoms with E-state index in [1.165, 1.54) is 6.08 Å². The summed E-state index contributed by atoms with van der Waals surface area (Å²) < 4.78 is 11.8. The van der Waals surface area contributed by atoms with Crippen LogP contribution in [-0.4, -0.2) is 24.3 Å². The predicted molar refractivity (Wildman–Crippen MR) is 83.7 cm³/mol. The molecule has 0 bridgehead atoms. The zero-order valence-corrected chi connectivity index (χ0v) is 12.6. The van der Waals surface area contributed by atoms with Gasteiger partial charge in [0.2, 0.25) is 0 Å². The summed E-state index contributed by atoms with van der Waals surface area (Å²) in [6.45, 7) is 3.85. The molecular formula is C18H22O3. The van der Waals surface area contributed by atoms with Crippen LogP contribution in [0.15, 0.2) is 48.6 Å². The van der Waals surface area contributed by atoms with Crippen molar-refractivity contribution in [3.63, 3.8) is 0 Å². The maximum absolute atomic E-state index is 10.3. The topological polar surface area (TPSA) is 35.5 Å². The highest BCUT2D eigenvalue weighted by Gasteiger charge is 2.33. The summed E-state index contributed by atoms with van der Waals surface area (Å²) >= 11 is 0. The molecule has 0 saturated carbocycles. The van der Waals surface area contributed by atoms with Gasteiger partial charge in [-0.1, -0.05) is 48.6 Å². The molecule has 1 aliphatic rings. The van der Waals surface area contributed by atoms with Gasteiger partial charge in [0.05, 0.1) is 12.2 Å². The Labute approximate surface area is 126 Å². The van der Waals surface area contributed by atoms with Gasteiger partial charge in [-0.3, -0.25) is 4.79 Å². The number of carbonyl (C=O) groups is 1. The van der Waals surface area contributed by atoms with E-state index in [2.05, 4.69) is 24.3 Å². The zero-order valence-electron chi connectivity index (χ0n) is 12.6. The van der Waals surface area contributed by atoms with E-state index in [0.717, 1.165) is 24.7 Å². The van der Waals surface area contributed by atoms with Crippen LogP contribution in [0, 0.1) is 0 Å². The first-order valence-corrected chi connectivity index (χ1v) is 7.28. The minimum atomic E-state index is -0.608. The first-order valence-electron chi connectivity index (χ1n) is 7.28. The van der Waals surface area contributed by atoms with Crippen LogP contribution < -0.4 is 0 Å². The van der Waals surface area contributed by atoms with Gasteiger partial charge in [-0.25, -0.2) is 0 Å². The Kier molecular flexibility index (Phi) is 5.48. The third kappa shape index (κ3) is 5.29. The number of rotatable bonds is 5. The van der Waals surface area contributed by atoms with Crippen molar-refractivity contribution < 1.29 is 14.3 Å². The minimum Gasteiger partial charge on any atom is -0.347 e. The molecule has 1 saturated heterocycles. The maximum atomic E-state index is 10.3. The van der Waals surface area contributed by atoms with Crippen molar-refractivity contribution in [3.8, 4) is 0 Å². The van der Waals surface area contributed by atoms with Crippen LogP contribution in [0.3, 0.4) is 0 Å². The van der Waals surface area contributed by atoms with Crippen LogP contribution in [-0.2, 0) is 14.3 Å². The summed E-state index contributed by atoms with van der Waals surface area (Å²) in [5.41, 5.74) is 1.16. The van der Waals surface area contributed by atoms with Crippen LogP contribution >= 0.6 is 0 Å². The summed E-state index contributed by atoms with van der Waals surface area (Å²) in [6, 6.07) is 10.2. The van der Waals surface area contributed by atoms with Crippen molar-refractivity contribution in [1.29, 1.82) is 0 Å². The zero-order chi connectivity index (χ0) is 15.1. The molecule has 1 aromatic carbocycles. The van der Waals surface area contributed by atoms with E-state index in [4.69, 9.17) is 9.47 Å². The SMILES string of the molecule is CC1(C)OC(/C=C/c2ccccc2)C[C@H](C/C=C/C=O)O1. The molecule has 1 heterocycles. The molecule has 0 radical (unpaired) electrons. The lowest BCUT2D eigenvalue weighted by atomic mass is 10.0. The van der Waals surface area contributed by atoms with Gasteiger partial charge in [-0.2, -0.15) is 0 Å². The van der Waals surface area contributed by atoms with Gasteiger partial charge in [-0.05, 0) is 31.9 Å². The monoisotopic (exact) mass is 286 g/mol. The second kappa shape index (κ2) is 7.34. The molecule has 3 nitrogen and oxygen atoms in total. The highest BCUT2D eigenvalue weighted by molar-refractivity contribution is 5.64. The predicted octanol–water partition coefficient (Wildman–Crippen LogP) is 3.76. The molecule has 2 atom stereocenters. The van der Waals surface area contributed by atoms with E-state index >= 15 is 0 Å². The fourth-order valence-corrected chi connectivity index (χ4v) is 2.48. The summed E-state index contributed by atoms with van der Waals surface area (Å²) in [4.78, 5) is 10.3. The quantitative estimate of drug-likeness (QED) is 0.611. The smallest absolute Gasteiger partial charge is 0.163 e. The Morgan fingerprint density at radius 3 is 2.71 bits per heavy atom. The standard InChI is InChI=1S/C18H22O3/c1-18(2)20-16(10-6-7-13-19)14-17(21-18)12-11-15-8-4-3-5-9-15/h3-9,11-13,16-17H,10,14H2,1-2H3/b7-6+,12-11+/t16-,17?/m0/s1. The molecular weight excluding hydrogens is 264 g/mol. The van der Waals surface area contributed by atoms with Gasteiger partial charge in [0.15, 0.2) is 5.79 Å². The Balaban J connectivity index is 2.00. The first-order chi connectivity index (χ1) is 10.1. The Morgan fingerprint density at radius 2 is 2.00 bits per heavy atom. The molecule has 0 aromatic heterocycles. The number of hydrogen-bond donors (Lipinski definition) is 0. The van der Waals surface area contributed by atoms with Gasteiger partial charge in [0, 0.05) is 6.42 Å². The Bertz CT molecular complexity index is 502. The average Bonchev–Trinajstić information content (AvgIpc) is 2.45. The number of benzene rings is 1. The summed E-state index contributed by atoms with van der Waals surface area (Å²) in [6.07, 6.45) is 9.89. The Hall–Kier alpha value is -1.71. The Morgan fingerprint density at radius 1 is 1.24 bits per heavy atom. The van der Waals surface area contributed by atoms with Crippen LogP contribution in [0.2, 0.25) is 0 Å². The lowest BCUT2D eigenvalue weighted by Crippen LogP contribution is -2.43. The van der Waals surface area contributed by atoms with E-state index < -0.39 is 5.79 Å². The highest BCUT2D eigenvalue weighted by Crippen LogP contribution is 2.29. The van der Waals surface area contributed by atoms with Gasteiger partial charge in [0.25, 0.3) is 0 Å². The number of aldehydes is 1. The average molecular weight is 286 g/mol. The largest absolute Gasteiger partial charge is 0.347 e. The van der Waals surface area contributed by atoms with Gasteiger partial charge in [0.1, 0.15) is 6.29 Å². The number of ether oxygens (including phenoxy) is 2. The molecule has 112 valence electrons. The minimum absolute atomic E-state index is 0.0172. The lowest BCUT2D eigenvalue weighted by molar-refractivity contribution is -0.289. The number of hydrogen-bond acceptors (Lipinski definition) is 3. The van der Waals surface area contributed by atoms with Crippen molar-refractivity contribution in [2.45, 2.75) is 44.7 Å². The normalized spacial score (nSPS) is 25.4. The molecule has 0 amide bonds. The van der Waals surface area contributed by atoms with Crippen LogP contribution in [0.25, 0.3) is 6.08 Å². The number of allylic oxidation sites excluding steroid dienone is 1. The maximum Gasteiger partial charge on any atom is 0.163 e. The van der Waals surface area contributed by atoms with Gasteiger partial charge < -0.3 is 9.47 Å². The molecule has 3 heteroatoms. The summed E-state index contributed by atoms with van der Waals surface area (Å²) in [7, 11) is 0. The molecule has 21 heavy (non-hydrogen) atoms. The molecule has 0 aliphatic carbocycles. The van der Waals surface area contributed by atoms with Crippen molar-refractivity contribution in [3.05, 3.63) is 54.1 Å². The molecule has 1 unspecified atom stereocenters. The third-order valence-electron chi connectivity index (χ3n) is 3.30. The third-order valence-corrected chi connectivity index (χ3v) is 3.30. The van der Waals surface area contributed by atoms with Crippen molar-refractivity contribution in [2.24, 2.45) is 0 Å². The molecule has 1 aromatic rings. The highest BCUT2D eigenvalue weighted by atomic mass is 16.7. The van der Waals surface area contributed by atoms with Gasteiger partial charge in [-0.15, -0.1) is 0 Å². The molecule has 0 spiro atoms. The fourth-order valence-electron chi connectivity index (χ4n) is 2.48. The first kappa shape index (κ1) is 15.7. The van der Waals surface area contributed by atoms with E-state index in [-0.39, 0.29) is 12.2 Å². The van der Waals surface area contributed by atoms with E-state index in [0.29, 0.717) is 0 Å². The van der Waals surface area contributed by atoms with Gasteiger partial charge >= 0.3 is 0 Å². The van der Waals surface area contributed by atoms with E-state index in [9.17, 15) is 4.79 Å². The fraction of sp³-hybridized carbons (Fsp3) is 0.389. The second-order valence-electron chi connectivity index (χ2n) is 5.60. The molecule has 2 rings (SSSR count). The second-order valence-corrected chi connectivity index (χ2v) is 5.60.